The first-order valence-electron chi connectivity index (χ1n) is 11.6. The Balaban J connectivity index is 1.22. The third-order valence-corrected chi connectivity index (χ3v) is 7.63. The molecule has 0 bridgehead atoms. The van der Waals surface area contributed by atoms with Crippen LogP contribution < -0.4 is 4.72 Å². The normalized spacial score (nSPS) is 21.1. The second-order valence-corrected chi connectivity index (χ2v) is 11.1. The smallest absolute Gasteiger partial charge is 0.236 e. The molecule has 2 saturated heterocycles. The van der Waals surface area contributed by atoms with E-state index in [1.165, 1.54) is 17.2 Å². The maximum atomic E-state index is 12.9. The van der Waals surface area contributed by atoms with Crippen LogP contribution in [0.4, 0.5) is 0 Å². The van der Waals surface area contributed by atoms with E-state index in [1.54, 1.807) is 6.20 Å². The first-order chi connectivity index (χ1) is 15.9. The molecule has 176 valence electrons. The van der Waals surface area contributed by atoms with E-state index in [0.29, 0.717) is 25.6 Å². The van der Waals surface area contributed by atoms with Gasteiger partial charge in [-0.15, -0.1) is 0 Å². The average Bonchev–Trinajstić information content (AvgIpc) is 3.27. The number of rotatable bonds is 5. The molecule has 0 radical (unpaired) electrons. The van der Waals surface area contributed by atoms with Crippen LogP contribution in [-0.4, -0.2) is 84.1 Å². The molecular formula is C23H30N6O3S. The number of hydrogen-bond acceptors (Lipinski definition) is 6. The number of nitrogens with zero attached hydrogens (tertiary/aromatic N) is 4. The van der Waals surface area contributed by atoms with E-state index in [0.717, 1.165) is 55.3 Å². The number of piperidine rings is 2. The molecule has 2 N–H and O–H groups in total. The number of likely N-dealkylation sites (tertiary alicyclic amines) is 2. The average molecular weight is 471 g/mol. The van der Waals surface area contributed by atoms with Gasteiger partial charge in [0.25, 0.3) is 0 Å². The molecule has 2 fully saturated rings. The van der Waals surface area contributed by atoms with Crippen LogP contribution in [0, 0.1) is 0 Å². The van der Waals surface area contributed by atoms with Gasteiger partial charge in [0.1, 0.15) is 0 Å². The van der Waals surface area contributed by atoms with Crippen LogP contribution in [0.3, 0.4) is 0 Å². The lowest BCUT2D eigenvalue weighted by molar-refractivity contribution is -0.134. The highest BCUT2D eigenvalue weighted by atomic mass is 32.2. The molecule has 0 spiro atoms. The number of carbonyl (C=O) groups is 1. The molecule has 0 saturated carbocycles. The molecule has 2 aliphatic heterocycles. The molecule has 5 rings (SSSR count). The topological polar surface area (TPSA) is 111 Å². The monoisotopic (exact) mass is 470 g/mol. The van der Waals surface area contributed by atoms with Crippen molar-refractivity contribution >= 4 is 37.9 Å². The lowest BCUT2D eigenvalue weighted by atomic mass is 9.87. The SMILES string of the molecule is CS(=O)(=O)NC1CCCN(C(=O)CN2CCC(c3cc[nH]c4cnc5nccc5c34)CC2)C1. The van der Waals surface area contributed by atoms with Gasteiger partial charge in [0.05, 0.1) is 24.5 Å². The number of amides is 1. The standard InChI is InChI=1S/C23H30N6O3S/c1-33(31,32)27-17-3-2-10-29(14-17)21(30)15-28-11-6-16(7-12-28)18-4-8-24-20-13-26-23-19(22(18)20)5-9-25-23/h4-5,8-9,13,16-17,24,27H,2-3,6-7,10-12,14-15H2,1H3. The molecule has 3 aromatic rings. The Morgan fingerprint density at radius 3 is 2.79 bits per heavy atom. The summed E-state index contributed by atoms with van der Waals surface area (Å²) >= 11 is 0. The number of aromatic amines is 1. The summed E-state index contributed by atoms with van der Waals surface area (Å²) in [6.45, 7) is 3.27. The van der Waals surface area contributed by atoms with Crippen molar-refractivity contribution in [1.82, 2.24) is 29.5 Å². The zero-order chi connectivity index (χ0) is 23.0. The Morgan fingerprint density at radius 2 is 2.00 bits per heavy atom. The molecule has 10 heteroatoms. The van der Waals surface area contributed by atoms with Crippen molar-refractivity contribution in [3.8, 4) is 0 Å². The minimum atomic E-state index is -3.27. The number of pyridine rings is 2. The van der Waals surface area contributed by atoms with Crippen LogP contribution in [0.2, 0.25) is 0 Å². The number of fused-ring (bicyclic) bond motifs is 3. The summed E-state index contributed by atoms with van der Waals surface area (Å²) in [6, 6.07) is 4.01. The number of nitrogens with one attached hydrogen (secondary N) is 2. The summed E-state index contributed by atoms with van der Waals surface area (Å²) in [5.41, 5.74) is 3.12. The highest BCUT2D eigenvalue weighted by Gasteiger charge is 2.29. The molecule has 0 aliphatic carbocycles. The Hall–Kier alpha value is -2.56. The molecule has 2 aliphatic rings. The number of H-pyrrole nitrogens is 1. The lowest BCUT2D eigenvalue weighted by Crippen LogP contribution is -2.52. The second-order valence-electron chi connectivity index (χ2n) is 9.28. The summed E-state index contributed by atoms with van der Waals surface area (Å²) in [7, 11) is -3.27. The Kier molecular flexibility index (Phi) is 6.07. The number of hydrogen-bond donors (Lipinski definition) is 2. The van der Waals surface area contributed by atoms with Crippen molar-refractivity contribution in [3.63, 3.8) is 0 Å². The van der Waals surface area contributed by atoms with Crippen LogP contribution in [0.25, 0.3) is 21.9 Å². The Bertz CT molecular complexity index is 1270. The van der Waals surface area contributed by atoms with Gasteiger partial charge < -0.3 is 9.88 Å². The molecule has 1 unspecified atom stereocenters. The van der Waals surface area contributed by atoms with Gasteiger partial charge in [-0.05, 0) is 62.4 Å². The zero-order valence-corrected chi connectivity index (χ0v) is 19.6. The van der Waals surface area contributed by atoms with E-state index in [-0.39, 0.29) is 11.9 Å². The highest BCUT2D eigenvalue weighted by molar-refractivity contribution is 7.88. The number of carbonyl (C=O) groups excluding carboxylic acids is 1. The van der Waals surface area contributed by atoms with E-state index >= 15 is 0 Å². The van der Waals surface area contributed by atoms with Gasteiger partial charge in [0, 0.05) is 42.3 Å². The summed E-state index contributed by atoms with van der Waals surface area (Å²) < 4.78 is 25.7. The van der Waals surface area contributed by atoms with Crippen LogP contribution in [0.15, 0.2) is 30.7 Å². The highest BCUT2D eigenvalue weighted by Crippen LogP contribution is 2.35. The summed E-state index contributed by atoms with van der Waals surface area (Å²) in [6.07, 6.45) is 10.4. The van der Waals surface area contributed by atoms with E-state index in [4.69, 9.17) is 0 Å². The van der Waals surface area contributed by atoms with Gasteiger partial charge in [0.2, 0.25) is 15.9 Å². The quantitative estimate of drug-likeness (QED) is 0.589. The fourth-order valence-corrected chi connectivity index (χ4v) is 6.12. The fraction of sp³-hybridized carbons (Fsp3) is 0.522. The maximum Gasteiger partial charge on any atom is 0.236 e. The predicted molar refractivity (Wildman–Crippen MR) is 127 cm³/mol. The van der Waals surface area contributed by atoms with Crippen molar-refractivity contribution in [1.29, 1.82) is 0 Å². The largest absolute Gasteiger partial charge is 0.360 e. The van der Waals surface area contributed by atoms with Crippen molar-refractivity contribution < 1.29 is 13.2 Å². The second kappa shape index (κ2) is 9.00. The van der Waals surface area contributed by atoms with Gasteiger partial charge in [0.15, 0.2) is 5.65 Å². The van der Waals surface area contributed by atoms with Crippen LogP contribution >= 0.6 is 0 Å². The van der Waals surface area contributed by atoms with Crippen LogP contribution in [0.5, 0.6) is 0 Å². The summed E-state index contributed by atoms with van der Waals surface area (Å²) in [5.74, 6) is 0.510. The maximum absolute atomic E-state index is 12.9. The predicted octanol–water partition coefficient (Wildman–Crippen LogP) is 1.83. The van der Waals surface area contributed by atoms with E-state index in [2.05, 4.69) is 30.6 Å². The molecule has 9 nitrogen and oxygen atoms in total. The molecular weight excluding hydrogens is 440 g/mol. The van der Waals surface area contributed by atoms with Crippen molar-refractivity contribution in [2.45, 2.75) is 37.6 Å². The van der Waals surface area contributed by atoms with Crippen molar-refractivity contribution in [3.05, 3.63) is 36.3 Å². The first kappa shape index (κ1) is 22.2. The molecule has 3 aromatic heterocycles. The first-order valence-corrected chi connectivity index (χ1v) is 13.4. The molecule has 0 aromatic carbocycles. The van der Waals surface area contributed by atoms with Crippen LogP contribution in [0.1, 0.15) is 37.2 Å². The van der Waals surface area contributed by atoms with E-state index in [1.807, 2.05) is 23.4 Å². The third kappa shape index (κ3) is 4.87. The third-order valence-electron chi connectivity index (χ3n) is 6.87. The summed E-state index contributed by atoms with van der Waals surface area (Å²) in [4.78, 5) is 29.0. The number of aromatic nitrogens is 3. The molecule has 5 heterocycles. The minimum absolute atomic E-state index is 0.0869. The summed E-state index contributed by atoms with van der Waals surface area (Å²) in [5, 5.41) is 2.28. The van der Waals surface area contributed by atoms with Crippen molar-refractivity contribution in [2.24, 2.45) is 0 Å². The number of sulfonamides is 1. The molecule has 1 amide bonds. The Morgan fingerprint density at radius 1 is 1.18 bits per heavy atom. The van der Waals surface area contributed by atoms with Gasteiger partial charge >= 0.3 is 0 Å². The van der Waals surface area contributed by atoms with Gasteiger partial charge in [-0.25, -0.2) is 23.1 Å². The zero-order valence-electron chi connectivity index (χ0n) is 18.8. The van der Waals surface area contributed by atoms with Crippen molar-refractivity contribution in [2.75, 3.05) is 39.0 Å². The fourth-order valence-electron chi connectivity index (χ4n) is 5.32. The minimum Gasteiger partial charge on any atom is -0.360 e. The molecule has 33 heavy (non-hydrogen) atoms. The van der Waals surface area contributed by atoms with E-state index < -0.39 is 10.0 Å². The lowest BCUT2D eigenvalue weighted by Gasteiger charge is -2.36. The van der Waals surface area contributed by atoms with E-state index in [9.17, 15) is 13.2 Å². The Labute approximate surface area is 193 Å². The van der Waals surface area contributed by atoms with Crippen LogP contribution in [-0.2, 0) is 14.8 Å². The van der Waals surface area contributed by atoms with Gasteiger partial charge in [-0.1, -0.05) is 0 Å². The van der Waals surface area contributed by atoms with Gasteiger partial charge in [-0.2, -0.15) is 0 Å². The van der Waals surface area contributed by atoms with Gasteiger partial charge in [-0.3, -0.25) is 9.69 Å². The molecule has 1 atom stereocenters.